The van der Waals surface area contributed by atoms with Crippen molar-refractivity contribution in [3.63, 3.8) is 0 Å². The molecule has 0 saturated carbocycles. The van der Waals surface area contributed by atoms with Gasteiger partial charge in [-0.1, -0.05) is 30.3 Å². The predicted octanol–water partition coefficient (Wildman–Crippen LogP) is 4.16. The summed E-state index contributed by atoms with van der Waals surface area (Å²) in [5.74, 6) is -0.700. The van der Waals surface area contributed by atoms with Crippen LogP contribution in [0.5, 0.6) is 0 Å². The van der Waals surface area contributed by atoms with Crippen molar-refractivity contribution in [2.75, 3.05) is 0 Å². The number of amides is 1. The first-order valence-electron chi connectivity index (χ1n) is 7.62. The SMILES string of the molecule is Cc1ccccc1C1=NN(C(=O)c2cccc(F)c2)C(C)(C)C1. The number of carbonyl (C=O) groups is 1. The fourth-order valence-electron chi connectivity index (χ4n) is 2.89. The van der Waals surface area contributed by atoms with Crippen LogP contribution in [0.4, 0.5) is 4.39 Å². The van der Waals surface area contributed by atoms with Crippen molar-refractivity contribution in [2.45, 2.75) is 32.7 Å². The van der Waals surface area contributed by atoms with Gasteiger partial charge in [0.1, 0.15) is 5.82 Å². The molecule has 0 unspecified atom stereocenters. The Morgan fingerprint density at radius 1 is 1.17 bits per heavy atom. The number of halogens is 1. The summed E-state index contributed by atoms with van der Waals surface area (Å²) in [4.78, 5) is 12.7. The average molecular weight is 310 g/mol. The van der Waals surface area contributed by atoms with Crippen LogP contribution in [-0.2, 0) is 0 Å². The number of hydrazone groups is 1. The fourth-order valence-corrected chi connectivity index (χ4v) is 2.89. The van der Waals surface area contributed by atoms with E-state index in [2.05, 4.69) is 5.10 Å². The van der Waals surface area contributed by atoms with Gasteiger partial charge in [0.25, 0.3) is 5.91 Å². The van der Waals surface area contributed by atoms with Crippen molar-refractivity contribution >= 4 is 11.6 Å². The number of rotatable bonds is 2. The second-order valence-corrected chi connectivity index (χ2v) is 6.48. The van der Waals surface area contributed by atoms with Crippen LogP contribution in [0.1, 0.15) is 41.8 Å². The van der Waals surface area contributed by atoms with Crippen LogP contribution in [0.3, 0.4) is 0 Å². The molecule has 0 bridgehead atoms. The summed E-state index contributed by atoms with van der Waals surface area (Å²) in [6, 6.07) is 13.7. The summed E-state index contributed by atoms with van der Waals surface area (Å²) in [5, 5.41) is 6.03. The molecular weight excluding hydrogens is 291 g/mol. The van der Waals surface area contributed by atoms with E-state index in [0.29, 0.717) is 12.0 Å². The molecule has 0 saturated heterocycles. The third-order valence-electron chi connectivity index (χ3n) is 4.11. The van der Waals surface area contributed by atoms with Crippen LogP contribution in [0.15, 0.2) is 53.6 Å². The summed E-state index contributed by atoms with van der Waals surface area (Å²) in [5.41, 5.74) is 2.93. The molecule has 0 spiro atoms. The molecule has 2 aromatic rings. The minimum absolute atomic E-state index is 0.280. The fraction of sp³-hybridized carbons (Fsp3) is 0.263. The summed E-state index contributed by atoms with van der Waals surface area (Å²) in [6.07, 6.45) is 0.666. The lowest BCUT2D eigenvalue weighted by Gasteiger charge is -2.28. The van der Waals surface area contributed by atoms with Crippen molar-refractivity contribution in [2.24, 2.45) is 5.10 Å². The largest absolute Gasteiger partial charge is 0.274 e. The zero-order valence-corrected chi connectivity index (χ0v) is 13.5. The zero-order chi connectivity index (χ0) is 16.6. The van der Waals surface area contributed by atoms with Crippen LogP contribution in [0, 0.1) is 12.7 Å². The van der Waals surface area contributed by atoms with E-state index in [1.807, 2.05) is 45.0 Å². The van der Waals surface area contributed by atoms with Crippen LogP contribution in [0.2, 0.25) is 0 Å². The number of hydrogen-bond acceptors (Lipinski definition) is 2. The number of hydrogen-bond donors (Lipinski definition) is 0. The van der Waals surface area contributed by atoms with Gasteiger partial charge in [0.05, 0.1) is 11.3 Å². The summed E-state index contributed by atoms with van der Waals surface area (Å²) in [6.45, 7) is 5.97. The molecule has 4 heteroatoms. The minimum Gasteiger partial charge on any atom is -0.267 e. The lowest BCUT2D eigenvalue weighted by molar-refractivity contribution is 0.0612. The highest BCUT2D eigenvalue weighted by atomic mass is 19.1. The van der Waals surface area contributed by atoms with Crippen LogP contribution in [0.25, 0.3) is 0 Å². The molecule has 1 aliphatic rings. The van der Waals surface area contributed by atoms with Crippen molar-refractivity contribution < 1.29 is 9.18 Å². The first kappa shape index (κ1) is 15.4. The van der Waals surface area contributed by atoms with E-state index in [0.717, 1.165) is 16.8 Å². The van der Waals surface area contributed by atoms with E-state index < -0.39 is 11.4 Å². The second-order valence-electron chi connectivity index (χ2n) is 6.48. The van der Waals surface area contributed by atoms with Crippen molar-refractivity contribution in [3.05, 3.63) is 71.0 Å². The third kappa shape index (κ3) is 2.89. The van der Waals surface area contributed by atoms with Crippen molar-refractivity contribution in [1.82, 2.24) is 5.01 Å². The maximum atomic E-state index is 13.4. The third-order valence-corrected chi connectivity index (χ3v) is 4.11. The summed E-state index contributed by atoms with van der Waals surface area (Å²) in [7, 11) is 0. The van der Waals surface area contributed by atoms with Crippen molar-refractivity contribution in [3.8, 4) is 0 Å². The monoisotopic (exact) mass is 310 g/mol. The molecule has 0 aromatic heterocycles. The Balaban J connectivity index is 1.98. The smallest absolute Gasteiger partial charge is 0.267 e. The maximum absolute atomic E-state index is 13.4. The van der Waals surface area contributed by atoms with Gasteiger partial charge in [-0.3, -0.25) is 4.79 Å². The molecule has 0 N–H and O–H groups in total. The van der Waals surface area contributed by atoms with Gasteiger partial charge < -0.3 is 0 Å². The van der Waals surface area contributed by atoms with Gasteiger partial charge >= 0.3 is 0 Å². The van der Waals surface area contributed by atoms with Crippen LogP contribution in [-0.4, -0.2) is 22.2 Å². The summed E-state index contributed by atoms with van der Waals surface area (Å²) >= 11 is 0. The van der Waals surface area contributed by atoms with Gasteiger partial charge in [0, 0.05) is 17.5 Å². The molecule has 2 aromatic carbocycles. The quantitative estimate of drug-likeness (QED) is 0.819. The van der Waals surface area contributed by atoms with E-state index in [-0.39, 0.29) is 5.91 Å². The van der Waals surface area contributed by atoms with E-state index in [9.17, 15) is 9.18 Å². The standard InChI is InChI=1S/C19H19FN2O/c1-13-7-4-5-10-16(13)17-12-19(2,3)22(21-17)18(23)14-8-6-9-15(20)11-14/h4-11H,12H2,1-3H3. The molecule has 3 rings (SSSR count). The molecule has 1 amide bonds. The molecule has 0 aliphatic carbocycles. The Kier molecular flexibility index (Phi) is 3.76. The highest BCUT2D eigenvalue weighted by Crippen LogP contribution is 2.31. The zero-order valence-electron chi connectivity index (χ0n) is 13.5. The van der Waals surface area contributed by atoms with Crippen molar-refractivity contribution in [1.29, 1.82) is 0 Å². The number of aryl methyl sites for hydroxylation is 1. The average Bonchev–Trinajstić information content (AvgIpc) is 2.82. The molecule has 0 radical (unpaired) electrons. The molecule has 23 heavy (non-hydrogen) atoms. The highest BCUT2D eigenvalue weighted by Gasteiger charge is 2.39. The number of benzene rings is 2. The molecular formula is C19H19FN2O. The van der Waals surface area contributed by atoms with E-state index >= 15 is 0 Å². The van der Waals surface area contributed by atoms with E-state index in [4.69, 9.17) is 0 Å². The Hall–Kier alpha value is -2.49. The molecule has 1 heterocycles. The van der Waals surface area contributed by atoms with Gasteiger partial charge in [-0.05, 0) is 44.5 Å². The van der Waals surface area contributed by atoms with Gasteiger partial charge in [0.15, 0.2) is 0 Å². The van der Waals surface area contributed by atoms with Gasteiger partial charge in [0.2, 0.25) is 0 Å². The maximum Gasteiger partial charge on any atom is 0.274 e. The first-order valence-corrected chi connectivity index (χ1v) is 7.62. The molecule has 3 nitrogen and oxygen atoms in total. The summed E-state index contributed by atoms with van der Waals surface area (Å²) < 4.78 is 13.4. The lowest BCUT2D eigenvalue weighted by Crippen LogP contribution is -2.40. The molecule has 0 atom stereocenters. The van der Waals surface area contributed by atoms with Gasteiger partial charge in [-0.15, -0.1) is 0 Å². The Morgan fingerprint density at radius 3 is 2.61 bits per heavy atom. The Morgan fingerprint density at radius 2 is 1.91 bits per heavy atom. The van der Waals surface area contributed by atoms with E-state index in [1.165, 1.54) is 23.2 Å². The number of carbonyl (C=O) groups excluding carboxylic acids is 1. The molecule has 118 valence electrons. The first-order chi connectivity index (χ1) is 10.9. The highest BCUT2D eigenvalue weighted by molar-refractivity contribution is 6.06. The minimum atomic E-state index is -0.443. The molecule has 1 aliphatic heterocycles. The number of nitrogens with zero attached hydrogens (tertiary/aromatic N) is 2. The van der Waals surface area contributed by atoms with Crippen LogP contribution >= 0.6 is 0 Å². The van der Waals surface area contributed by atoms with Gasteiger partial charge in [-0.2, -0.15) is 5.10 Å². The topological polar surface area (TPSA) is 32.7 Å². The Labute approximate surface area is 135 Å². The lowest BCUT2D eigenvalue weighted by atomic mass is 9.93. The van der Waals surface area contributed by atoms with Crippen LogP contribution < -0.4 is 0 Å². The second kappa shape index (κ2) is 5.61. The normalized spacial score (nSPS) is 16.3. The Bertz CT molecular complexity index is 795. The van der Waals surface area contributed by atoms with Gasteiger partial charge in [-0.25, -0.2) is 9.40 Å². The van der Waals surface area contributed by atoms with E-state index in [1.54, 1.807) is 6.07 Å². The molecule has 0 fully saturated rings. The predicted molar refractivity (Wildman–Crippen MR) is 89.0 cm³/mol.